The molecule has 0 fully saturated rings. The minimum absolute atomic E-state index is 0.215. The summed E-state index contributed by atoms with van der Waals surface area (Å²) in [6.07, 6.45) is 0. The number of carbonyl (C=O) groups excluding carboxylic acids is 1. The maximum absolute atomic E-state index is 12.1. The Morgan fingerprint density at radius 1 is 1.00 bits per heavy atom. The number of nitrogens with zero attached hydrogens (tertiary/aromatic N) is 1. The van der Waals surface area contributed by atoms with Gasteiger partial charge in [0.05, 0.1) is 0 Å². The van der Waals surface area contributed by atoms with E-state index in [1.807, 2.05) is 60.7 Å². The summed E-state index contributed by atoms with van der Waals surface area (Å²) in [5, 5.41) is 8.73. The molecule has 132 valence electrons. The first-order valence-electron chi connectivity index (χ1n) is 8.26. The maximum Gasteiger partial charge on any atom is 0.273 e. The van der Waals surface area contributed by atoms with Crippen LogP contribution in [-0.2, 0) is 16.2 Å². The van der Waals surface area contributed by atoms with Gasteiger partial charge in [-0.25, -0.2) is 0 Å². The molecular weight excluding hydrogens is 328 g/mol. The van der Waals surface area contributed by atoms with Crippen molar-refractivity contribution in [1.29, 1.82) is 0 Å². The zero-order valence-electron chi connectivity index (χ0n) is 14.7. The fourth-order valence-corrected chi connectivity index (χ4v) is 2.72. The first kappa shape index (κ1) is 17.5. The van der Waals surface area contributed by atoms with Gasteiger partial charge in [0.1, 0.15) is 19.5 Å². The SMILES string of the molecule is CNC(=O)/C(=N\OC)c1ccccc1COc1ccc2ccccc2c1. The second kappa shape index (κ2) is 8.16. The number of carbonyl (C=O) groups is 1. The minimum atomic E-state index is -0.315. The molecular formula is C21H20N2O3. The molecule has 0 heterocycles. The van der Waals surface area contributed by atoms with E-state index < -0.39 is 0 Å². The summed E-state index contributed by atoms with van der Waals surface area (Å²) in [5.41, 5.74) is 1.74. The Balaban J connectivity index is 1.85. The third-order valence-electron chi connectivity index (χ3n) is 4.01. The number of benzene rings is 3. The predicted molar refractivity (Wildman–Crippen MR) is 102 cm³/mol. The highest BCUT2D eigenvalue weighted by molar-refractivity contribution is 6.45. The molecule has 3 aromatic rings. The number of fused-ring (bicyclic) bond motifs is 1. The highest BCUT2D eigenvalue weighted by Gasteiger charge is 2.17. The zero-order valence-corrected chi connectivity index (χ0v) is 14.7. The molecule has 0 unspecified atom stereocenters. The number of nitrogens with one attached hydrogen (secondary N) is 1. The first-order chi connectivity index (χ1) is 12.7. The molecule has 0 saturated carbocycles. The monoisotopic (exact) mass is 348 g/mol. The molecule has 0 aliphatic heterocycles. The van der Waals surface area contributed by atoms with Gasteiger partial charge in [0.2, 0.25) is 0 Å². The standard InChI is InChI=1S/C21H20N2O3/c1-22-21(24)20(23-25-2)19-10-6-5-9-17(19)14-26-18-12-11-15-7-3-4-8-16(15)13-18/h3-13H,14H2,1-2H3,(H,22,24)/b23-20-. The van der Waals surface area contributed by atoms with Crippen LogP contribution in [0.1, 0.15) is 11.1 Å². The number of rotatable bonds is 6. The molecule has 3 rings (SSSR count). The molecule has 0 aromatic heterocycles. The molecule has 0 bridgehead atoms. The summed E-state index contributed by atoms with van der Waals surface area (Å²) < 4.78 is 5.95. The van der Waals surface area contributed by atoms with Gasteiger partial charge in [0.25, 0.3) is 5.91 Å². The van der Waals surface area contributed by atoms with Crippen molar-refractivity contribution >= 4 is 22.4 Å². The normalized spacial score (nSPS) is 11.2. The van der Waals surface area contributed by atoms with Gasteiger partial charge in [-0.15, -0.1) is 0 Å². The van der Waals surface area contributed by atoms with Gasteiger partial charge in [-0.1, -0.05) is 59.8 Å². The maximum atomic E-state index is 12.1. The van der Waals surface area contributed by atoms with E-state index in [0.717, 1.165) is 22.1 Å². The van der Waals surface area contributed by atoms with Crippen LogP contribution in [0.4, 0.5) is 0 Å². The van der Waals surface area contributed by atoms with E-state index in [-0.39, 0.29) is 11.6 Å². The Labute approximate surface area is 152 Å². The quantitative estimate of drug-likeness (QED) is 0.548. The lowest BCUT2D eigenvalue weighted by Crippen LogP contribution is -2.29. The van der Waals surface area contributed by atoms with Crippen molar-refractivity contribution in [2.24, 2.45) is 5.16 Å². The van der Waals surface area contributed by atoms with E-state index in [0.29, 0.717) is 12.2 Å². The van der Waals surface area contributed by atoms with Crippen LogP contribution in [0.15, 0.2) is 71.9 Å². The first-order valence-corrected chi connectivity index (χ1v) is 8.26. The van der Waals surface area contributed by atoms with Gasteiger partial charge < -0.3 is 14.9 Å². The van der Waals surface area contributed by atoms with Crippen molar-refractivity contribution in [3.8, 4) is 5.75 Å². The van der Waals surface area contributed by atoms with E-state index in [4.69, 9.17) is 9.57 Å². The van der Waals surface area contributed by atoms with Crippen molar-refractivity contribution in [1.82, 2.24) is 5.32 Å². The van der Waals surface area contributed by atoms with Crippen LogP contribution in [0.3, 0.4) is 0 Å². The topological polar surface area (TPSA) is 59.9 Å². The predicted octanol–water partition coefficient (Wildman–Crippen LogP) is 3.52. The summed E-state index contributed by atoms with van der Waals surface area (Å²) in [7, 11) is 2.97. The summed E-state index contributed by atoms with van der Waals surface area (Å²) in [6.45, 7) is 0.314. The van der Waals surface area contributed by atoms with Gasteiger partial charge in [-0.05, 0) is 28.5 Å². The summed E-state index contributed by atoms with van der Waals surface area (Å²) in [4.78, 5) is 16.9. The smallest absolute Gasteiger partial charge is 0.273 e. The lowest BCUT2D eigenvalue weighted by molar-refractivity contribution is -0.114. The molecule has 5 heteroatoms. The van der Waals surface area contributed by atoms with Crippen LogP contribution >= 0.6 is 0 Å². The molecule has 0 aliphatic rings. The number of amides is 1. The third kappa shape index (κ3) is 3.83. The Hall–Kier alpha value is -3.34. The van der Waals surface area contributed by atoms with Gasteiger partial charge in [-0.2, -0.15) is 0 Å². The van der Waals surface area contributed by atoms with Crippen LogP contribution < -0.4 is 10.1 Å². The van der Waals surface area contributed by atoms with E-state index in [2.05, 4.69) is 16.5 Å². The largest absolute Gasteiger partial charge is 0.489 e. The van der Waals surface area contributed by atoms with Crippen LogP contribution in [0.5, 0.6) is 5.75 Å². The van der Waals surface area contributed by atoms with Gasteiger partial charge >= 0.3 is 0 Å². The Morgan fingerprint density at radius 2 is 1.73 bits per heavy atom. The fraction of sp³-hybridized carbons (Fsp3) is 0.143. The summed E-state index contributed by atoms with van der Waals surface area (Å²) >= 11 is 0. The Morgan fingerprint density at radius 3 is 2.50 bits per heavy atom. The van der Waals surface area contributed by atoms with Gasteiger partial charge in [0, 0.05) is 12.6 Å². The van der Waals surface area contributed by atoms with Crippen LogP contribution in [-0.4, -0.2) is 25.8 Å². The fourth-order valence-electron chi connectivity index (χ4n) is 2.72. The minimum Gasteiger partial charge on any atom is -0.489 e. The van der Waals surface area contributed by atoms with E-state index in [1.165, 1.54) is 7.11 Å². The lowest BCUT2D eigenvalue weighted by Gasteiger charge is -2.12. The third-order valence-corrected chi connectivity index (χ3v) is 4.01. The highest BCUT2D eigenvalue weighted by atomic mass is 16.6. The number of hydrogen-bond donors (Lipinski definition) is 1. The summed E-state index contributed by atoms with van der Waals surface area (Å²) in [5.74, 6) is 0.452. The molecule has 0 saturated heterocycles. The van der Waals surface area contributed by atoms with Crippen LogP contribution in [0.25, 0.3) is 10.8 Å². The second-order valence-corrected chi connectivity index (χ2v) is 5.66. The highest BCUT2D eigenvalue weighted by Crippen LogP contribution is 2.22. The Bertz CT molecular complexity index is 951. The van der Waals surface area contributed by atoms with Crippen molar-refractivity contribution in [3.05, 3.63) is 77.9 Å². The number of likely N-dealkylation sites (N-methyl/N-ethyl adjacent to an activating group) is 1. The average Bonchev–Trinajstić information content (AvgIpc) is 2.70. The van der Waals surface area contributed by atoms with Crippen molar-refractivity contribution < 1.29 is 14.4 Å². The Kier molecular flexibility index (Phi) is 5.49. The van der Waals surface area contributed by atoms with Crippen LogP contribution in [0.2, 0.25) is 0 Å². The van der Waals surface area contributed by atoms with E-state index >= 15 is 0 Å². The van der Waals surface area contributed by atoms with Gasteiger partial charge in [0.15, 0.2) is 5.71 Å². The molecule has 26 heavy (non-hydrogen) atoms. The second-order valence-electron chi connectivity index (χ2n) is 5.66. The number of hydrogen-bond acceptors (Lipinski definition) is 4. The molecule has 1 amide bonds. The molecule has 3 aromatic carbocycles. The zero-order chi connectivity index (χ0) is 18.4. The molecule has 5 nitrogen and oxygen atoms in total. The van der Waals surface area contributed by atoms with E-state index in [9.17, 15) is 4.79 Å². The van der Waals surface area contributed by atoms with Crippen molar-refractivity contribution in [2.45, 2.75) is 6.61 Å². The molecule has 0 aliphatic carbocycles. The van der Waals surface area contributed by atoms with Crippen LogP contribution in [0, 0.1) is 0 Å². The number of ether oxygens (including phenoxy) is 1. The molecule has 1 N–H and O–H groups in total. The average molecular weight is 348 g/mol. The molecule has 0 spiro atoms. The molecule has 0 radical (unpaired) electrons. The van der Waals surface area contributed by atoms with Crippen molar-refractivity contribution in [2.75, 3.05) is 14.2 Å². The lowest BCUT2D eigenvalue weighted by atomic mass is 10.0. The van der Waals surface area contributed by atoms with Crippen molar-refractivity contribution in [3.63, 3.8) is 0 Å². The van der Waals surface area contributed by atoms with Gasteiger partial charge in [-0.3, -0.25) is 4.79 Å². The van der Waals surface area contributed by atoms with E-state index in [1.54, 1.807) is 7.05 Å². The number of oxime groups is 1. The summed E-state index contributed by atoms with van der Waals surface area (Å²) in [6, 6.07) is 21.6. The molecule has 0 atom stereocenters.